The molecule has 0 unspecified atom stereocenters. The summed E-state index contributed by atoms with van der Waals surface area (Å²) in [6.45, 7) is 4.33. The van der Waals surface area contributed by atoms with Gasteiger partial charge in [-0.1, -0.05) is 11.1 Å². The Morgan fingerprint density at radius 2 is 2.14 bits per heavy atom. The molecule has 1 aromatic heterocycles. The molecule has 1 saturated heterocycles. The third-order valence-corrected chi connectivity index (χ3v) is 7.95. The molecule has 12 nitrogen and oxygen atoms in total. The van der Waals surface area contributed by atoms with E-state index in [0.717, 1.165) is 11.3 Å². The summed E-state index contributed by atoms with van der Waals surface area (Å²) < 4.78 is 10.1. The van der Waals surface area contributed by atoms with Crippen molar-refractivity contribution in [1.82, 2.24) is 15.2 Å². The van der Waals surface area contributed by atoms with Gasteiger partial charge < -0.3 is 25.7 Å². The second-order valence-corrected chi connectivity index (χ2v) is 11.4. The van der Waals surface area contributed by atoms with Crippen molar-refractivity contribution in [2.75, 3.05) is 24.0 Å². The second-order valence-electron chi connectivity index (χ2n) is 8.38. The molecule has 1 aromatic rings. The summed E-state index contributed by atoms with van der Waals surface area (Å²) in [7, 11) is 0. The number of nitrogens with two attached hydrogens (primary N) is 1. The molecule has 36 heavy (non-hydrogen) atoms. The summed E-state index contributed by atoms with van der Waals surface area (Å²) in [5.41, 5.74) is 4.41. The van der Waals surface area contributed by atoms with Gasteiger partial charge in [0.25, 0.3) is 11.8 Å². The van der Waals surface area contributed by atoms with Crippen LogP contribution in [-0.2, 0) is 28.7 Å². The van der Waals surface area contributed by atoms with Gasteiger partial charge in [0.1, 0.15) is 22.8 Å². The Labute approximate surface area is 219 Å². The largest absolute Gasteiger partial charge is 0.427 e. The maximum atomic E-state index is 13.0. The number of amides is 2. The molecule has 192 valence electrons. The number of carbonyl (C=O) groups is 4. The van der Waals surface area contributed by atoms with E-state index in [4.69, 9.17) is 21.6 Å². The monoisotopic (exact) mass is 553 g/mol. The van der Waals surface area contributed by atoms with Crippen LogP contribution >= 0.6 is 34.9 Å². The average molecular weight is 554 g/mol. The smallest absolute Gasteiger partial charge is 0.358 e. The fraction of sp³-hybridized carbons (Fsp3) is 0.429. The average Bonchev–Trinajstić information content (AvgIpc) is 3.25. The Morgan fingerprint density at radius 1 is 1.42 bits per heavy atom. The van der Waals surface area contributed by atoms with Crippen LogP contribution in [0, 0.1) is 17.8 Å². The highest BCUT2D eigenvalue weighted by molar-refractivity contribution is 8.06. The molecule has 2 atom stereocenters. The molecular weight excluding hydrogens is 530 g/mol. The fourth-order valence-corrected chi connectivity index (χ4v) is 5.92. The van der Waals surface area contributed by atoms with E-state index in [2.05, 4.69) is 21.4 Å². The van der Waals surface area contributed by atoms with Gasteiger partial charge in [0, 0.05) is 16.0 Å². The minimum atomic E-state index is -1.00. The SMILES string of the molecule is C#CCSC1=C(C(=O)OCOC(=O)C(C)(C)C)N2C(=O)[C@@H](NC(=O)/C(=N\O)c3csc(N)n3)[C@@H]2SC1. The lowest BCUT2D eigenvalue weighted by Gasteiger charge is -2.49. The lowest BCUT2D eigenvalue weighted by atomic mass is 9.98. The zero-order valence-electron chi connectivity index (χ0n) is 19.5. The molecule has 0 aromatic carbocycles. The highest BCUT2D eigenvalue weighted by atomic mass is 32.2. The summed E-state index contributed by atoms with van der Waals surface area (Å²) in [6, 6.07) is -1.00. The van der Waals surface area contributed by atoms with Crippen molar-refractivity contribution in [3.63, 3.8) is 0 Å². The van der Waals surface area contributed by atoms with Crippen LogP contribution in [0.3, 0.4) is 0 Å². The number of hydrogen-bond acceptors (Lipinski definition) is 13. The van der Waals surface area contributed by atoms with E-state index < -0.39 is 53.1 Å². The highest BCUT2D eigenvalue weighted by Crippen LogP contribution is 2.43. The lowest BCUT2D eigenvalue weighted by Crippen LogP contribution is -2.71. The quantitative estimate of drug-likeness (QED) is 0.0796. The van der Waals surface area contributed by atoms with Crippen LogP contribution in [0.4, 0.5) is 5.13 Å². The zero-order valence-corrected chi connectivity index (χ0v) is 21.9. The van der Waals surface area contributed by atoms with Crippen LogP contribution in [0.1, 0.15) is 26.5 Å². The van der Waals surface area contributed by atoms with E-state index in [-0.39, 0.29) is 22.3 Å². The van der Waals surface area contributed by atoms with Crippen LogP contribution in [0.25, 0.3) is 0 Å². The maximum Gasteiger partial charge on any atom is 0.358 e. The third kappa shape index (κ3) is 5.77. The first-order valence-corrected chi connectivity index (χ1v) is 13.2. The van der Waals surface area contributed by atoms with Gasteiger partial charge in [-0.05, 0) is 20.8 Å². The van der Waals surface area contributed by atoms with Gasteiger partial charge in [0.05, 0.1) is 11.2 Å². The molecule has 3 heterocycles. The van der Waals surface area contributed by atoms with Crippen molar-refractivity contribution < 1.29 is 33.9 Å². The van der Waals surface area contributed by atoms with Crippen molar-refractivity contribution >= 4 is 69.5 Å². The standard InChI is InChI=1S/C21H23N5O7S3/c1-5-6-34-11-8-35-17-13(24-15(27)12(25-31)10-7-36-20(22)23-10)16(28)26(17)14(11)18(29)32-9-33-19(30)21(2,3)4/h1,7,13,17,31H,6,8-9H2,2-4H3,(H2,22,23)(H,24,27)/b25-12-/t13-,17+/m1/s1. The Bertz CT molecular complexity index is 1180. The number of rotatable bonds is 8. The summed E-state index contributed by atoms with van der Waals surface area (Å²) in [4.78, 5) is 56.2. The normalized spacial score (nSPS) is 19.7. The van der Waals surface area contributed by atoms with Gasteiger partial charge in [-0.15, -0.1) is 41.3 Å². The topological polar surface area (TPSA) is 174 Å². The van der Waals surface area contributed by atoms with Crippen molar-refractivity contribution in [1.29, 1.82) is 0 Å². The first-order chi connectivity index (χ1) is 17.0. The lowest BCUT2D eigenvalue weighted by molar-refractivity contribution is -0.173. The molecule has 2 amide bonds. The van der Waals surface area contributed by atoms with E-state index in [1.807, 2.05) is 0 Å². The third-order valence-electron chi connectivity index (χ3n) is 4.82. The van der Waals surface area contributed by atoms with Crippen LogP contribution in [0.5, 0.6) is 0 Å². The van der Waals surface area contributed by atoms with Gasteiger partial charge in [0.2, 0.25) is 6.79 Å². The molecule has 0 saturated carbocycles. The van der Waals surface area contributed by atoms with Gasteiger partial charge in [-0.25, -0.2) is 9.78 Å². The molecule has 0 bridgehead atoms. The number of oxime groups is 1. The van der Waals surface area contributed by atoms with Crippen molar-refractivity contribution in [2.24, 2.45) is 10.6 Å². The van der Waals surface area contributed by atoms with Crippen molar-refractivity contribution in [2.45, 2.75) is 32.2 Å². The molecule has 1 fully saturated rings. The number of nitrogens with one attached hydrogen (secondary N) is 1. The minimum absolute atomic E-state index is 0.0235. The molecule has 0 spiro atoms. The number of hydrogen-bond donors (Lipinski definition) is 3. The number of nitrogen functional groups attached to an aromatic ring is 1. The summed E-state index contributed by atoms with van der Waals surface area (Å²) in [6.07, 6.45) is 5.35. The predicted octanol–water partition coefficient (Wildman–Crippen LogP) is 0.972. The number of aromatic nitrogens is 1. The first kappa shape index (κ1) is 27.4. The summed E-state index contributed by atoms with van der Waals surface area (Å²) in [5.74, 6) is 0.201. The number of thiazole rings is 1. The number of thioether (sulfide) groups is 2. The number of ether oxygens (including phenoxy) is 2. The van der Waals surface area contributed by atoms with E-state index in [1.165, 1.54) is 33.8 Å². The summed E-state index contributed by atoms with van der Waals surface area (Å²) >= 11 is 3.57. The Morgan fingerprint density at radius 3 is 2.72 bits per heavy atom. The van der Waals surface area contributed by atoms with Crippen molar-refractivity contribution in [3.8, 4) is 12.3 Å². The van der Waals surface area contributed by atoms with Gasteiger partial charge in [-0.2, -0.15) is 0 Å². The van der Waals surface area contributed by atoms with Gasteiger partial charge in [-0.3, -0.25) is 19.3 Å². The predicted molar refractivity (Wildman–Crippen MR) is 135 cm³/mol. The molecule has 2 aliphatic heterocycles. The second kappa shape index (κ2) is 11.2. The number of terminal acetylenes is 1. The molecule has 0 radical (unpaired) electrons. The van der Waals surface area contributed by atoms with Crippen LogP contribution in [0.15, 0.2) is 21.1 Å². The number of fused-ring (bicyclic) bond motifs is 1. The summed E-state index contributed by atoms with van der Waals surface area (Å²) in [5, 5.41) is 15.8. The van der Waals surface area contributed by atoms with Gasteiger partial charge >= 0.3 is 11.9 Å². The van der Waals surface area contributed by atoms with E-state index in [1.54, 1.807) is 20.8 Å². The molecule has 2 aliphatic rings. The minimum Gasteiger partial charge on any atom is -0.427 e. The molecule has 0 aliphatic carbocycles. The highest BCUT2D eigenvalue weighted by Gasteiger charge is 2.55. The number of carbonyl (C=O) groups excluding carboxylic acids is 4. The van der Waals surface area contributed by atoms with Crippen LogP contribution < -0.4 is 11.1 Å². The molecular formula is C21H23N5O7S3. The van der Waals surface area contributed by atoms with E-state index in [9.17, 15) is 24.4 Å². The van der Waals surface area contributed by atoms with E-state index >= 15 is 0 Å². The first-order valence-electron chi connectivity index (χ1n) is 10.3. The fourth-order valence-electron chi connectivity index (χ4n) is 3.06. The number of anilines is 1. The Balaban J connectivity index is 1.73. The molecule has 3 rings (SSSR count). The maximum absolute atomic E-state index is 13.0. The zero-order chi connectivity index (χ0) is 26.6. The van der Waals surface area contributed by atoms with E-state index in [0.29, 0.717) is 10.7 Å². The molecule has 4 N–H and O–H groups in total. The number of β-lactam (4-membered cyclic amide) rings is 1. The van der Waals surface area contributed by atoms with Crippen LogP contribution in [0.2, 0.25) is 0 Å². The van der Waals surface area contributed by atoms with Crippen molar-refractivity contribution in [3.05, 3.63) is 21.7 Å². The van der Waals surface area contributed by atoms with Gasteiger partial charge in [0.15, 0.2) is 10.8 Å². The number of esters is 2. The number of nitrogens with zero attached hydrogens (tertiary/aromatic N) is 3. The Kier molecular flexibility index (Phi) is 8.54. The molecule has 15 heteroatoms. The Hall–Kier alpha value is -3.22. The van der Waals surface area contributed by atoms with Crippen LogP contribution in [-0.4, -0.2) is 74.3 Å².